The number of hydrogen-bond donors (Lipinski definition) is 1. The fraction of sp³-hybridized carbons (Fsp3) is 0.625. The van der Waals surface area contributed by atoms with Crippen LogP contribution >= 0.6 is 36.4 Å². The summed E-state index contributed by atoms with van der Waals surface area (Å²) in [7, 11) is 0. The maximum absolute atomic E-state index is 6.11. The topological polar surface area (TPSA) is 24.5 Å². The second kappa shape index (κ2) is 9.19. The van der Waals surface area contributed by atoms with Crippen molar-refractivity contribution in [2.24, 2.45) is 5.92 Å². The predicted octanol–water partition coefficient (Wildman–Crippen LogP) is 3.77. The van der Waals surface area contributed by atoms with E-state index >= 15 is 0 Å². The Labute approximate surface area is 150 Å². The predicted molar refractivity (Wildman–Crippen MR) is 96.9 cm³/mol. The van der Waals surface area contributed by atoms with Gasteiger partial charge in [-0.25, -0.2) is 0 Å². The summed E-state index contributed by atoms with van der Waals surface area (Å²) in [6.45, 7) is 7.29. The van der Waals surface area contributed by atoms with E-state index in [2.05, 4.69) is 10.2 Å². The van der Waals surface area contributed by atoms with Crippen LogP contribution in [0.3, 0.4) is 0 Å². The number of nitrogens with zero attached hydrogens (tertiary/aromatic N) is 1. The van der Waals surface area contributed by atoms with Crippen molar-refractivity contribution >= 4 is 36.4 Å². The van der Waals surface area contributed by atoms with Gasteiger partial charge in [0.2, 0.25) is 0 Å². The molecule has 3 aliphatic heterocycles. The van der Waals surface area contributed by atoms with Crippen LogP contribution in [-0.2, 0) is 6.54 Å². The largest absolute Gasteiger partial charge is 0.494 e. The first-order valence-corrected chi connectivity index (χ1v) is 8.01. The Morgan fingerprint density at radius 2 is 2.00 bits per heavy atom. The first-order chi connectivity index (χ1) is 9.76. The number of piperidine rings is 3. The highest BCUT2D eigenvalue weighted by Gasteiger charge is 2.33. The van der Waals surface area contributed by atoms with Crippen LogP contribution in [0.2, 0.25) is 5.02 Å². The molecule has 3 fully saturated rings. The van der Waals surface area contributed by atoms with E-state index in [0.29, 0.717) is 12.6 Å². The highest BCUT2D eigenvalue weighted by Crippen LogP contribution is 2.28. The van der Waals surface area contributed by atoms with Crippen molar-refractivity contribution in [2.45, 2.75) is 32.4 Å². The van der Waals surface area contributed by atoms with Crippen LogP contribution in [0.1, 0.15) is 25.3 Å². The lowest BCUT2D eigenvalue weighted by Gasteiger charge is -2.45. The Morgan fingerprint density at radius 1 is 1.27 bits per heavy atom. The third-order valence-corrected chi connectivity index (χ3v) is 4.77. The number of rotatable bonds is 5. The Kier molecular flexibility index (Phi) is 8.29. The van der Waals surface area contributed by atoms with E-state index in [1.165, 1.54) is 32.5 Å². The zero-order valence-corrected chi connectivity index (χ0v) is 15.3. The normalized spacial score (nSPS) is 26.0. The first-order valence-electron chi connectivity index (χ1n) is 7.63. The Bertz CT molecular complexity index is 465. The third-order valence-electron chi connectivity index (χ3n) is 4.53. The molecule has 4 rings (SSSR count). The second-order valence-corrected chi connectivity index (χ2v) is 6.25. The number of benzene rings is 1. The molecule has 3 saturated heterocycles. The molecular weight excluding hydrogens is 343 g/mol. The minimum Gasteiger partial charge on any atom is -0.494 e. The number of hydrogen-bond acceptors (Lipinski definition) is 3. The average Bonchev–Trinajstić information content (AvgIpc) is 2.49. The van der Waals surface area contributed by atoms with Crippen LogP contribution in [0.5, 0.6) is 5.75 Å². The van der Waals surface area contributed by atoms with Crippen molar-refractivity contribution in [2.75, 3.05) is 26.2 Å². The molecule has 22 heavy (non-hydrogen) atoms. The molecule has 0 radical (unpaired) electrons. The van der Waals surface area contributed by atoms with Crippen LogP contribution in [0.15, 0.2) is 18.2 Å². The molecule has 1 atom stereocenters. The van der Waals surface area contributed by atoms with Gasteiger partial charge in [0.25, 0.3) is 0 Å². The fourth-order valence-corrected chi connectivity index (χ4v) is 3.61. The zero-order valence-electron chi connectivity index (χ0n) is 12.9. The zero-order chi connectivity index (χ0) is 13.9. The van der Waals surface area contributed by atoms with Gasteiger partial charge in [-0.3, -0.25) is 0 Å². The van der Waals surface area contributed by atoms with Crippen LogP contribution in [0.25, 0.3) is 0 Å². The number of ether oxygens (including phenoxy) is 1. The summed E-state index contributed by atoms with van der Waals surface area (Å²) >= 11 is 6.11. The molecule has 1 unspecified atom stereocenters. The molecule has 0 saturated carbocycles. The van der Waals surface area contributed by atoms with Gasteiger partial charge < -0.3 is 15.0 Å². The van der Waals surface area contributed by atoms with Crippen LogP contribution in [-0.4, -0.2) is 37.2 Å². The van der Waals surface area contributed by atoms with Crippen LogP contribution in [0.4, 0.5) is 0 Å². The van der Waals surface area contributed by atoms with Gasteiger partial charge in [-0.15, -0.1) is 24.8 Å². The summed E-state index contributed by atoms with van der Waals surface area (Å²) in [4.78, 5) is 2.57. The quantitative estimate of drug-likeness (QED) is 0.857. The van der Waals surface area contributed by atoms with Gasteiger partial charge >= 0.3 is 0 Å². The molecule has 0 aromatic heterocycles. The molecule has 0 aliphatic carbocycles. The summed E-state index contributed by atoms with van der Waals surface area (Å²) in [6.07, 6.45) is 2.68. The first kappa shape index (κ1) is 19.9. The molecule has 1 N–H and O–H groups in total. The summed E-state index contributed by atoms with van der Waals surface area (Å²) in [5.74, 6) is 1.79. The summed E-state index contributed by atoms with van der Waals surface area (Å²) in [5.41, 5.74) is 1.16. The van der Waals surface area contributed by atoms with Gasteiger partial charge in [0.1, 0.15) is 5.75 Å². The summed E-state index contributed by atoms with van der Waals surface area (Å²) in [6, 6.07) is 6.50. The maximum Gasteiger partial charge on any atom is 0.123 e. The van der Waals surface area contributed by atoms with Crippen molar-refractivity contribution in [1.29, 1.82) is 0 Å². The van der Waals surface area contributed by atoms with E-state index in [1.54, 1.807) is 0 Å². The van der Waals surface area contributed by atoms with Crippen molar-refractivity contribution in [3.63, 3.8) is 0 Å². The van der Waals surface area contributed by atoms with Gasteiger partial charge in [-0.05, 0) is 57.0 Å². The van der Waals surface area contributed by atoms with Crippen molar-refractivity contribution in [3.05, 3.63) is 28.8 Å². The molecule has 0 amide bonds. The van der Waals surface area contributed by atoms with Gasteiger partial charge in [-0.2, -0.15) is 0 Å². The van der Waals surface area contributed by atoms with E-state index in [9.17, 15) is 0 Å². The lowest BCUT2D eigenvalue weighted by Crippen LogP contribution is -2.55. The smallest absolute Gasteiger partial charge is 0.123 e. The Morgan fingerprint density at radius 3 is 2.59 bits per heavy atom. The molecule has 3 aliphatic rings. The molecule has 126 valence electrons. The average molecular weight is 368 g/mol. The SMILES string of the molecule is CCOc1ccc(Cl)cc1CNC1CN2CCC1CC2.Cl.Cl. The van der Waals surface area contributed by atoms with E-state index in [0.717, 1.165) is 28.8 Å². The van der Waals surface area contributed by atoms with Gasteiger partial charge in [-0.1, -0.05) is 11.6 Å². The van der Waals surface area contributed by atoms with Crippen molar-refractivity contribution in [1.82, 2.24) is 10.2 Å². The number of halogens is 3. The highest BCUT2D eigenvalue weighted by molar-refractivity contribution is 6.30. The van der Waals surface area contributed by atoms with Crippen molar-refractivity contribution in [3.8, 4) is 5.75 Å². The minimum atomic E-state index is 0. The van der Waals surface area contributed by atoms with Gasteiger partial charge in [0.15, 0.2) is 0 Å². The van der Waals surface area contributed by atoms with E-state index < -0.39 is 0 Å². The lowest BCUT2D eigenvalue weighted by atomic mass is 9.84. The van der Waals surface area contributed by atoms with Crippen LogP contribution in [0, 0.1) is 5.92 Å². The van der Waals surface area contributed by atoms with E-state index in [1.807, 2.05) is 25.1 Å². The Hall–Kier alpha value is -0.190. The molecule has 3 nitrogen and oxygen atoms in total. The second-order valence-electron chi connectivity index (χ2n) is 5.81. The van der Waals surface area contributed by atoms with Gasteiger partial charge in [0, 0.05) is 29.7 Å². The van der Waals surface area contributed by atoms with Crippen LogP contribution < -0.4 is 10.1 Å². The molecular formula is C16H25Cl3N2O. The number of nitrogens with one attached hydrogen (secondary N) is 1. The Balaban J connectivity index is 0.00000121. The summed E-state index contributed by atoms with van der Waals surface area (Å²) in [5, 5.41) is 4.49. The number of fused-ring (bicyclic) bond motifs is 3. The van der Waals surface area contributed by atoms with Gasteiger partial charge in [0.05, 0.1) is 6.61 Å². The van der Waals surface area contributed by atoms with E-state index in [4.69, 9.17) is 16.3 Å². The standard InChI is InChI=1S/C16H23ClN2O.2ClH/c1-2-20-16-4-3-14(17)9-13(16)10-18-15-11-19-7-5-12(15)6-8-19;;/h3-4,9,12,15,18H,2,5-8,10-11H2,1H3;2*1H. The summed E-state index contributed by atoms with van der Waals surface area (Å²) < 4.78 is 5.68. The minimum absolute atomic E-state index is 0. The molecule has 1 aromatic carbocycles. The fourth-order valence-electron chi connectivity index (χ4n) is 3.42. The molecule has 6 heteroatoms. The molecule has 2 bridgehead atoms. The monoisotopic (exact) mass is 366 g/mol. The van der Waals surface area contributed by atoms with Crippen molar-refractivity contribution < 1.29 is 4.74 Å². The third kappa shape index (κ3) is 4.65. The van der Waals surface area contributed by atoms with E-state index in [-0.39, 0.29) is 24.8 Å². The molecule has 1 aromatic rings. The lowest BCUT2D eigenvalue weighted by molar-refractivity contribution is 0.0719. The molecule has 3 heterocycles. The maximum atomic E-state index is 6.11. The molecule has 0 spiro atoms. The highest BCUT2D eigenvalue weighted by atomic mass is 35.5.